The maximum absolute atomic E-state index is 14.6. The monoisotopic (exact) mass is 1820 g/mol. The zero-order valence-corrected chi connectivity index (χ0v) is 72.5. The molecule has 666 valence electrons. The Labute approximate surface area is 726 Å². The van der Waals surface area contributed by atoms with Gasteiger partial charge in [0.2, 0.25) is 63.9 Å². The van der Waals surface area contributed by atoms with Gasteiger partial charge in [0.25, 0.3) is 0 Å². The van der Waals surface area contributed by atoms with Crippen molar-refractivity contribution < 1.29 is 60.0 Å². The predicted octanol–water partition coefficient (Wildman–Crippen LogP) is 14.4. The van der Waals surface area contributed by atoms with Crippen molar-refractivity contribution in [3.63, 3.8) is 0 Å². The Morgan fingerprint density at radius 3 is 1.12 bits per heavy atom. The SMILES string of the molecule is CC(C)C1=NCc2cc3cnc(Nc4ccc(S(N)(=O)=O)cc4F)nc3n2C12CCCCC2.CC1=NCc2cc3cnc(Nc4ccc(S(N)(=O)=O)cc4F)nc3n2C12CCCCC2.NS(=O)(=O)c1ccc(Nc2ncc3cc4n(c3n2)C2(C=NC4)CCCCC2)nc1.NS(=O)(=O)c1ccc(Nc2ncc3cc4n(c3n2)C2(CCCCC2)C(C(F)(F)F)=NC4)c(F)c1. The van der Waals surface area contributed by atoms with Gasteiger partial charge in [0.15, 0.2) is 0 Å². The summed E-state index contributed by atoms with van der Waals surface area (Å²) >= 11 is 0. The number of aliphatic imine (C=N–C) groups is 4. The minimum Gasteiger partial charge on any atom is -0.322 e. The van der Waals surface area contributed by atoms with Gasteiger partial charge in [-0.25, -0.2) is 92.3 Å². The third-order valence-corrected chi connectivity index (χ3v) is 28.7. The number of alkyl halides is 3. The second-order valence-electron chi connectivity index (χ2n) is 33.6. The molecule has 12 aromatic rings. The molecule has 4 fully saturated rings. The van der Waals surface area contributed by atoms with Crippen molar-refractivity contribution in [3.8, 4) is 0 Å². The minimum atomic E-state index is -4.58. The molecule has 33 nitrogen and oxygen atoms in total. The molecule has 4 saturated carbocycles. The fourth-order valence-corrected chi connectivity index (χ4v) is 21.5. The number of hydrogen-bond acceptors (Lipinski definition) is 25. The number of halogens is 6. The molecule has 127 heavy (non-hydrogen) atoms. The van der Waals surface area contributed by atoms with Gasteiger partial charge in [0.05, 0.1) is 80.1 Å². The second-order valence-corrected chi connectivity index (χ2v) is 39.8. The molecule has 0 saturated heterocycles. The van der Waals surface area contributed by atoms with Crippen LogP contribution < -0.4 is 41.8 Å². The van der Waals surface area contributed by atoms with E-state index in [0.717, 1.165) is 151 Å². The van der Waals surface area contributed by atoms with E-state index in [1.54, 1.807) is 29.2 Å². The lowest BCUT2D eigenvalue weighted by Crippen LogP contribution is -2.52. The number of nitrogens with two attached hydrogens (primary N) is 4. The average molecular weight is 1820 g/mol. The van der Waals surface area contributed by atoms with Crippen LogP contribution in [0.5, 0.6) is 0 Å². The Bertz CT molecular complexity index is 6990. The van der Waals surface area contributed by atoms with Crippen molar-refractivity contribution in [1.82, 2.24) is 63.1 Å². The number of primary sulfonamides is 4. The highest BCUT2D eigenvalue weighted by Crippen LogP contribution is 2.50. The molecule has 0 atom stereocenters. The fourth-order valence-electron chi connectivity index (χ4n) is 19.5. The lowest BCUT2D eigenvalue weighted by atomic mass is 9.73. The van der Waals surface area contributed by atoms with E-state index in [0.29, 0.717) is 79.7 Å². The highest BCUT2D eigenvalue weighted by Gasteiger charge is 2.55. The molecule has 13 heterocycles. The lowest BCUT2D eigenvalue weighted by molar-refractivity contribution is -0.0688. The highest BCUT2D eigenvalue weighted by atomic mass is 32.2. The zero-order valence-electron chi connectivity index (χ0n) is 69.3. The van der Waals surface area contributed by atoms with Crippen molar-refractivity contribution in [3.05, 3.63) is 162 Å². The Morgan fingerprint density at radius 2 is 0.732 bits per heavy atom. The topological polar surface area (TPSA) is 474 Å². The molecule has 8 aliphatic rings. The molecule has 0 bridgehead atoms. The van der Waals surface area contributed by atoms with Gasteiger partial charge < -0.3 is 39.5 Å². The van der Waals surface area contributed by atoms with Gasteiger partial charge in [0, 0.05) is 92.9 Å². The average Bonchev–Trinajstić information content (AvgIpc) is 1.61. The summed E-state index contributed by atoms with van der Waals surface area (Å²) in [6.07, 6.45) is 25.0. The van der Waals surface area contributed by atoms with Crippen molar-refractivity contribution in [1.29, 1.82) is 0 Å². The summed E-state index contributed by atoms with van der Waals surface area (Å²) < 4.78 is 186. The van der Waals surface area contributed by atoms with Gasteiger partial charge in [-0.05, 0) is 155 Å². The van der Waals surface area contributed by atoms with E-state index >= 15 is 0 Å². The van der Waals surface area contributed by atoms with Gasteiger partial charge in [0.1, 0.15) is 56.5 Å². The molecule has 43 heteroatoms. The van der Waals surface area contributed by atoms with Gasteiger partial charge >= 0.3 is 6.18 Å². The first-order valence-corrected chi connectivity index (χ1v) is 47.8. The molecule has 4 spiro atoms. The highest BCUT2D eigenvalue weighted by molar-refractivity contribution is 7.90. The number of rotatable bonds is 13. The Hall–Kier alpha value is -11.6. The first-order chi connectivity index (χ1) is 60.4. The quantitative estimate of drug-likeness (QED) is 0.0497. The van der Waals surface area contributed by atoms with Crippen LogP contribution in [0.1, 0.15) is 172 Å². The van der Waals surface area contributed by atoms with E-state index in [1.165, 1.54) is 92.7 Å². The largest absolute Gasteiger partial charge is 0.431 e. The standard InChI is InChI=1S/C23H27FN6O2S.C21H20F4N6O2S.C21H23FN6O2S.C19H21N7O2S/c1-14(2)20-23(8-4-3-5-9-23)30-16(13-26-20)10-15-12-27-22(29-21(15)30)28-19-7-6-17(11-18(19)24)33(25,31)32;22-15-9-14(34(26,32)33)4-5-16(15)29-19-28-10-12-8-13-11-27-18(21(23,24)25)20(6-2-1-3-7-20)31(13)17(12)30-19;1-13-21(7-3-2-4-8-21)28-15(12-24-13)9-14-11-25-20(27-19(14)28)26-18-6-5-16(10-17(18)22)31(23,29)30;20-29(27,28)15-4-5-16(22-11-15)24-18-23-9-13-8-14-10-21-12-19(6-2-1-3-7-19)26(14)17(13)25-18/h6-7,10-12,14H,3-5,8-9,13H2,1-2H3,(H2,25,31,32)(H,27,28,29);4-5,8-10H,1-3,6-7,11H2,(H2,26,32,33)(H,28,29,30);5-6,9-11H,2-4,7-8,12H2,1H3,(H2,23,29,30)(H,25,26,27);4-5,8-9,11-12H,1-3,6-7,10H2,(H2,20,27,28)(H,22,23,24,25). The Balaban J connectivity index is 0.000000119. The zero-order chi connectivity index (χ0) is 89.5. The van der Waals surface area contributed by atoms with Crippen LogP contribution in [0, 0.1) is 23.4 Å². The fraction of sp³-hybridized carbons (Fsp3) is 0.393. The van der Waals surface area contributed by atoms with Crippen LogP contribution in [0.4, 0.5) is 73.0 Å². The van der Waals surface area contributed by atoms with Crippen LogP contribution >= 0.6 is 0 Å². The molecular weight excluding hydrogens is 1730 g/mol. The van der Waals surface area contributed by atoms with E-state index < -0.39 is 79.9 Å². The number of sulfonamides is 4. The Kier molecular flexibility index (Phi) is 23.1. The van der Waals surface area contributed by atoms with Gasteiger partial charge in [-0.2, -0.15) is 33.1 Å². The van der Waals surface area contributed by atoms with E-state index in [-0.39, 0.29) is 72.8 Å². The number of aromatic nitrogens is 13. The molecule has 9 aromatic heterocycles. The number of fused-ring (bicyclic) bond motifs is 16. The van der Waals surface area contributed by atoms with E-state index in [4.69, 9.17) is 45.5 Å². The molecule has 4 aliphatic heterocycles. The van der Waals surface area contributed by atoms with Crippen molar-refractivity contribution in [2.75, 3.05) is 21.3 Å². The third kappa shape index (κ3) is 17.0. The second kappa shape index (κ2) is 33.5. The summed E-state index contributed by atoms with van der Waals surface area (Å²) in [5.41, 5.74) is 6.58. The first kappa shape index (κ1) is 87.5. The summed E-state index contributed by atoms with van der Waals surface area (Å²) in [4.78, 5) is 57.4. The van der Waals surface area contributed by atoms with Crippen LogP contribution in [0.2, 0.25) is 0 Å². The van der Waals surface area contributed by atoms with E-state index in [1.807, 2.05) is 0 Å². The smallest absolute Gasteiger partial charge is 0.322 e. The summed E-state index contributed by atoms with van der Waals surface area (Å²) in [6, 6.07) is 20.9. The number of benzene rings is 3. The minimum absolute atomic E-state index is 0.0430. The summed E-state index contributed by atoms with van der Waals surface area (Å²) in [7, 11) is -15.8. The number of nitrogens with zero attached hydrogens (tertiary/aromatic N) is 17. The third-order valence-electron chi connectivity index (χ3n) is 25.1. The van der Waals surface area contributed by atoms with Gasteiger partial charge in [-0.3, -0.25) is 20.0 Å². The van der Waals surface area contributed by atoms with Gasteiger partial charge in [-0.1, -0.05) is 90.9 Å². The molecule has 20 rings (SSSR count). The number of anilines is 8. The maximum atomic E-state index is 14.6. The van der Waals surface area contributed by atoms with Crippen molar-refractivity contribution in [2.45, 2.75) is 223 Å². The molecular formula is C84H91F6N25O8S4. The summed E-state index contributed by atoms with van der Waals surface area (Å²) in [6.45, 7) is 8.23. The molecule has 4 aliphatic carbocycles. The van der Waals surface area contributed by atoms with Gasteiger partial charge in [-0.15, -0.1) is 0 Å². The predicted molar refractivity (Wildman–Crippen MR) is 469 cm³/mol. The number of pyridine rings is 1. The summed E-state index contributed by atoms with van der Waals surface area (Å²) in [5, 5.41) is 35.1. The van der Waals surface area contributed by atoms with E-state index in [2.05, 4.69) is 120 Å². The van der Waals surface area contributed by atoms with Crippen molar-refractivity contribution >= 4 is 154 Å². The molecule has 0 radical (unpaired) electrons. The van der Waals surface area contributed by atoms with Crippen LogP contribution in [0.15, 0.2) is 162 Å². The van der Waals surface area contributed by atoms with E-state index in [9.17, 15) is 60.0 Å². The normalized spacial score (nSPS) is 18.0. The van der Waals surface area contributed by atoms with Crippen LogP contribution in [0.3, 0.4) is 0 Å². The molecule has 12 N–H and O–H groups in total. The number of hydrogen-bond donors (Lipinski definition) is 8. The molecule has 3 aromatic carbocycles. The van der Waals surface area contributed by atoms with Crippen LogP contribution in [-0.4, -0.2) is 126 Å². The van der Waals surface area contributed by atoms with Crippen molar-refractivity contribution in [2.24, 2.45) is 46.4 Å². The lowest BCUT2D eigenvalue weighted by Gasteiger charge is -2.44. The maximum Gasteiger partial charge on any atom is 0.431 e. The molecule has 0 amide bonds. The van der Waals surface area contributed by atoms with Crippen LogP contribution in [0.25, 0.3) is 44.1 Å². The molecule has 0 unspecified atom stereocenters. The number of nitrogens with one attached hydrogen (secondary N) is 4. The van der Waals surface area contributed by atoms with Crippen LogP contribution in [-0.2, 0) is 88.4 Å². The Morgan fingerprint density at radius 1 is 0.386 bits per heavy atom. The first-order valence-electron chi connectivity index (χ1n) is 41.7. The summed E-state index contributed by atoms with van der Waals surface area (Å²) in [5.74, 6) is -0.787.